The van der Waals surface area contributed by atoms with Crippen molar-refractivity contribution in [3.8, 4) is 28.7 Å². The number of aryl methyl sites for hydroxylation is 1. The van der Waals surface area contributed by atoms with Gasteiger partial charge in [-0.3, -0.25) is 4.79 Å². The number of nitrogens with zero attached hydrogens (tertiary/aromatic N) is 2. The smallest absolute Gasteiger partial charge is 0.307 e. The summed E-state index contributed by atoms with van der Waals surface area (Å²) in [7, 11) is 0. The molecule has 0 spiro atoms. The first kappa shape index (κ1) is 27.2. The Morgan fingerprint density at radius 1 is 1.11 bits per heavy atom. The molecule has 1 aliphatic rings. The summed E-state index contributed by atoms with van der Waals surface area (Å²) < 4.78 is 19.1. The summed E-state index contributed by atoms with van der Waals surface area (Å²) in [4.78, 5) is 19.0. The molecular weight excluding hydrogens is 479 g/mol. The Morgan fingerprint density at radius 2 is 1.76 bits per heavy atom. The van der Waals surface area contributed by atoms with Crippen molar-refractivity contribution in [2.75, 3.05) is 24.6 Å². The molecule has 0 aliphatic carbocycles. The van der Waals surface area contributed by atoms with Crippen LogP contribution in [0.3, 0.4) is 0 Å². The number of ether oxygens (including phenoxy) is 1. The van der Waals surface area contributed by atoms with E-state index in [0.29, 0.717) is 24.4 Å². The Morgan fingerprint density at radius 3 is 2.37 bits per heavy atom. The average molecular weight is 515 g/mol. The van der Waals surface area contributed by atoms with E-state index in [1.807, 2.05) is 31.2 Å². The van der Waals surface area contributed by atoms with E-state index in [1.165, 1.54) is 12.1 Å². The van der Waals surface area contributed by atoms with Gasteiger partial charge in [0.15, 0.2) is 0 Å². The minimum atomic E-state index is -0.876. The van der Waals surface area contributed by atoms with Gasteiger partial charge in [-0.05, 0) is 73.4 Å². The first-order valence-corrected chi connectivity index (χ1v) is 13.1. The number of carboxylic acids is 1. The first-order chi connectivity index (χ1) is 18.2. The van der Waals surface area contributed by atoms with Gasteiger partial charge < -0.3 is 14.7 Å². The molecule has 3 aromatic rings. The monoisotopic (exact) mass is 514 g/mol. The highest BCUT2D eigenvalue weighted by Crippen LogP contribution is 2.41. The van der Waals surface area contributed by atoms with E-state index >= 15 is 0 Å². The van der Waals surface area contributed by atoms with Crippen LogP contribution in [0.5, 0.6) is 5.75 Å². The zero-order valence-corrected chi connectivity index (χ0v) is 22.6. The third-order valence-corrected chi connectivity index (χ3v) is 7.20. The SMILES string of the molecule is CC#Cc1nc(C)c(CC(=O)O)c(N2CCC(C)(C)CC2)c1-c1ccc(OCCc2ccc(F)cc2)cc1. The van der Waals surface area contributed by atoms with Crippen LogP contribution in [-0.2, 0) is 17.6 Å². The number of pyridine rings is 1. The molecule has 0 bridgehead atoms. The van der Waals surface area contributed by atoms with Crippen LogP contribution in [0.2, 0.25) is 0 Å². The Labute approximate surface area is 224 Å². The summed E-state index contributed by atoms with van der Waals surface area (Å²) in [6.45, 7) is 10.4. The van der Waals surface area contributed by atoms with Crippen molar-refractivity contribution in [2.45, 2.75) is 53.4 Å². The lowest BCUT2D eigenvalue weighted by atomic mass is 9.82. The topological polar surface area (TPSA) is 62.7 Å². The second kappa shape index (κ2) is 11.7. The molecule has 6 heteroatoms. The Hall–Kier alpha value is -3.85. The number of hydrogen-bond donors (Lipinski definition) is 1. The van der Waals surface area contributed by atoms with Crippen molar-refractivity contribution in [2.24, 2.45) is 5.41 Å². The molecule has 4 rings (SSSR count). The summed E-state index contributed by atoms with van der Waals surface area (Å²) in [6.07, 6.45) is 2.63. The lowest BCUT2D eigenvalue weighted by molar-refractivity contribution is -0.136. The standard InChI is InChI=1S/C32H35FN2O3/c1-5-6-28-30(24-9-13-26(14-10-24)38-20-15-23-7-11-25(33)12-8-23)31(27(21-29(36)37)22(2)34-28)35-18-16-32(3,4)17-19-35/h7-14H,15-21H2,1-4H3,(H,36,37). The van der Waals surface area contributed by atoms with E-state index in [1.54, 1.807) is 19.1 Å². The molecule has 2 aromatic carbocycles. The molecule has 38 heavy (non-hydrogen) atoms. The lowest BCUT2D eigenvalue weighted by Crippen LogP contribution is -2.38. The van der Waals surface area contributed by atoms with Crippen LogP contribution in [-0.4, -0.2) is 35.8 Å². The van der Waals surface area contributed by atoms with Crippen molar-refractivity contribution in [3.63, 3.8) is 0 Å². The molecule has 0 radical (unpaired) electrons. The van der Waals surface area contributed by atoms with E-state index < -0.39 is 5.97 Å². The maximum atomic E-state index is 13.1. The predicted octanol–water partition coefficient (Wildman–Crippen LogP) is 6.44. The quantitative estimate of drug-likeness (QED) is 0.351. The third-order valence-electron chi connectivity index (χ3n) is 7.20. The molecule has 1 N–H and O–H groups in total. The highest BCUT2D eigenvalue weighted by molar-refractivity contribution is 5.88. The fourth-order valence-corrected chi connectivity index (χ4v) is 4.91. The van der Waals surface area contributed by atoms with Crippen molar-refractivity contribution in [1.29, 1.82) is 0 Å². The van der Waals surface area contributed by atoms with Crippen LogP contribution in [0.25, 0.3) is 11.1 Å². The van der Waals surface area contributed by atoms with Gasteiger partial charge in [0.1, 0.15) is 17.3 Å². The largest absolute Gasteiger partial charge is 0.493 e. The molecule has 1 aliphatic heterocycles. The van der Waals surface area contributed by atoms with E-state index in [4.69, 9.17) is 9.72 Å². The fourth-order valence-electron chi connectivity index (χ4n) is 4.91. The number of aromatic nitrogens is 1. The molecule has 0 saturated carbocycles. The number of anilines is 1. The molecule has 0 unspecified atom stereocenters. The van der Waals surface area contributed by atoms with Gasteiger partial charge in [-0.1, -0.05) is 44.0 Å². The number of benzene rings is 2. The molecule has 198 valence electrons. The van der Waals surface area contributed by atoms with E-state index in [2.05, 4.69) is 30.6 Å². The second-order valence-corrected chi connectivity index (χ2v) is 10.6. The van der Waals surface area contributed by atoms with Gasteiger partial charge in [0.2, 0.25) is 0 Å². The number of hydrogen-bond acceptors (Lipinski definition) is 4. The number of carboxylic acid groups (broad SMARTS) is 1. The number of piperidine rings is 1. The Bertz CT molecular complexity index is 1340. The predicted molar refractivity (Wildman–Crippen MR) is 149 cm³/mol. The molecular formula is C32H35FN2O3. The van der Waals surface area contributed by atoms with Gasteiger partial charge in [0.25, 0.3) is 0 Å². The van der Waals surface area contributed by atoms with Gasteiger partial charge >= 0.3 is 5.97 Å². The first-order valence-electron chi connectivity index (χ1n) is 13.1. The fraction of sp³-hybridized carbons (Fsp3) is 0.375. The number of aliphatic carboxylic acids is 1. The minimum absolute atomic E-state index is 0.0918. The van der Waals surface area contributed by atoms with Gasteiger partial charge in [0, 0.05) is 36.3 Å². The lowest BCUT2D eigenvalue weighted by Gasteiger charge is -2.40. The van der Waals surface area contributed by atoms with Crippen molar-refractivity contribution in [1.82, 2.24) is 4.98 Å². The van der Waals surface area contributed by atoms with Gasteiger partial charge in [-0.25, -0.2) is 9.37 Å². The number of carbonyl (C=O) groups is 1. The van der Waals surface area contributed by atoms with Crippen LogP contribution in [0.15, 0.2) is 48.5 Å². The Balaban J connectivity index is 1.68. The van der Waals surface area contributed by atoms with Crippen LogP contribution >= 0.6 is 0 Å². The van der Waals surface area contributed by atoms with E-state index in [9.17, 15) is 14.3 Å². The molecule has 0 atom stereocenters. The summed E-state index contributed by atoms with van der Waals surface area (Å²) in [6, 6.07) is 14.3. The van der Waals surface area contributed by atoms with Gasteiger partial charge in [-0.15, -0.1) is 0 Å². The van der Waals surface area contributed by atoms with Crippen LogP contribution < -0.4 is 9.64 Å². The minimum Gasteiger partial charge on any atom is -0.493 e. The van der Waals surface area contributed by atoms with Gasteiger partial charge in [-0.2, -0.15) is 0 Å². The van der Waals surface area contributed by atoms with Gasteiger partial charge in [0.05, 0.1) is 18.7 Å². The van der Waals surface area contributed by atoms with Crippen molar-refractivity contribution < 1.29 is 19.0 Å². The average Bonchev–Trinajstić information content (AvgIpc) is 2.87. The molecule has 1 fully saturated rings. The molecule has 5 nitrogen and oxygen atoms in total. The second-order valence-electron chi connectivity index (χ2n) is 10.6. The number of halogens is 1. The van der Waals surface area contributed by atoms with Crippen LogP contribution in [0.1, 0.15) is 56.1 Å². The van der Waals surface area contributed by atoms with Crippen molar-refractivity contribution in [3.05, 3.63) is 76.9 Å². The maximum absolute atomic E-state index is 13.1. The summed E-state index contributed by atoms with van der Waals surface area (Å²) in [5.41, 5.74) is 6.10. The third kappa shape index (κ3) is 6.52. The Kier molecular flexibility index (Phi) is 8.36. The molecule has 0 amide bonds. The zero-order chi connectivity index (χ0) is 27.3. The summed E-state index contributed by atoms with van der Waals surface area (Å²) in [5.74, 6) is 5.76. The van der Waals surface area contributed by atoms with Crippen LogP contribution in [0, 0.1) is 30.0 Å². The normalized spacial score (nSPS) is 14.5. The maximum Gasteiger partial charge on any atom is 0.307 e. The molecule has 2 heterocycles. The highest BCUT2D eigenvalue weighted by atomic mass is 19.1. The summed E-state index contributed by atoms with van der Waals surface area (Å²) in [5, 5.41) is 9.74. The molecule has 1 saturated heterocycles. The zero-order valence-electron chi connectivity index (χ0n) is 22.6. The number of rotatable bonds is 8. The highest BCUT2D eigenvalue weighted by Gasteiger charge is 2.30. The summed E-state index contributed by atoms with van der Waals surface area (Å²) >= 11 is 0. The molecule has 1 aromatic heterocycles. The van der Waals surface area contributed by atoms with Crippen LogP contribution in [0.4, 0.5) is 10.1 Å². The van der Waals surface area contributed by atoms with E-state index in [-0.39, 0.29) is 17.7 Å². The van der Waals surface area contributed by atoms with E-state index in [0.717, 1.165) is 59.6 Å². The van der Waals surface area contributed by atoms with Crippen molar-refractivity contribution >= 4 is 11.7 Å².